The number of furan rings is 1. The number of aromatic nitrogens is 3. The first-order valence-corrected chi connectivity index (χ1v) is 9.17. The van der Waals surface area contributed by atoms with E-state index in [1.165, 1.54) is 5.39 Å². The molecule has 5 rings (SSSR count). The first-order valence-electron chi connectivity index (χ1n) is 9.17. The first kappa shape index (κ1) is 15.9. The molecule has 0 aliphatic carbocycles. The van der Waals surface area contributed by atoms with Gasteiger partial charge in [-0.25, -0.2) is 4.98 Å². The van der Waals surface area contributed by atoms with E-state index >= 15 is 0 Å². The molecule has 27 heavy (non-hydrogen) atoms. The van der Waals surface area contributed by atoms with Gasteiger partial charge in [-0.15, -0.1) is 0 Å². The number of hydrogen-bond donors (Lipinski definition) is 0. The van der Waals surface area contributed by atoms with Gasteiger partial charge in [-0.05, 0) is 42.5 Å². The molecule has 4 aromatic heterocycles. The summed E-state index contributed by atoms with van der Waals surface area (Å²) in [5.74, 6) is 1.15. The summed E-state index contributed by atoms with van der Waals surface area (Å²) in [6.45, 7) is 6.29. The molecule has 4 nitrogen and oxygen atoms in total. The second kappa shape index (κ2) is 5.88. The summed E-state index contributed by atoms with van der Waals surface area (Å²) in [5, 5.41) is 3.33. The van der Waals surface area contributed by atoms with E-state index in [0.29, 0.717) is 5.92 Å². The Labute approximate surface area is 156 Å². The summed E-state index contributed by atoms with van der Waals surface area (Å²) in [5.41, 5.74) is 5.14. The molecule has 0 atom stereocenters. The molecule has 0 unspecified atom stereocenters. The summed E-state index contributed by atoms with van der Waals surface area (Å²) in [4.78, 5) is 14.4. The minimum atomic E-state index is 0.311. The van der Waals surface area contributed by atoms with Crippen molar-refractivity contribution in [2.75, 3.05) is 0 Å². The molecule has 132 valence electrons. The highest BCUT2D eigenvalue weighted by molar-refractivity contribution is 6.07. The van der Waals surface area contributed by atoms with Crippen LogP contribution in [0.2, 0.25) is 0 Å². The zero-order chi connectivity index (χ0) is 18.5. The number of benzene rings is 1. The lowest BCUT2D eigenvalue weighted by Crippen LogP contribution is -1.98. The third kappa shape index (κ3) is 2.48. The van der Waals surface area contributed by atoms with Gasteiger partial charge in [0.1, 0.15) is 11.5 Å². The van der Waals surface area contributed by atoms with Crippen LogP contribution in [-0.2, 0) is 0 Å². The Hall–Kier alpha value is -3.27. The number of pyridine rings is 3. The van der Waals surface area contributed by atoms with Crippen LogP contribution in [0.4, 0.5) is 0 Å². The van der Waals surface area contributed by atoms with Crippen molar-refractivity contribution >= 4 is 32.8 Å². The third-order valence-corrected chi connectivity index (χ3v) is 4.90. The fraction of sp³-hybridized carbons (Fsp3) is 0.174. The lowest BCUT2D eigenvalue weighted by atomic mass is 10.00. The molecule has 0 saturated heterocycles. The first-order chi connectivity index (χ1) is 13.1. The van der Waals surface area contributed by atoms with E-state index in [1.54, 1.807) is 6.20 Å². The lowest BCUT2D eigenvalue weighted by molar-refractivity contribution is 0.578. The summed E-state index contributed by atoms with van der Waals surface area (Å²) in [6.07, 6.45) is 1.79. The molecule has 0 aliphatic rings. The van der Waals surface area contributed by atoms with E-state index in [1.807, 2.05) is 25.1 Å². The van der Waals surface area contributed by atoms with E-state index in [-0.39, 0.29) is 0 Å². The van der Waals surface area contributed by atoms with Crippen LogP contribution < -0.4 is 0 Å². The predicted molar refractivity (Wildman–Crippen MR) is 109 cm³/mol. The molecule has 0 aliphatic heterocycles. The smallest absolute Gasteiger partial charge is 0.164 e. The maximum atomic E-state index is 6.03. The zero-order valence-electron chi connectivity index (χ0n) is 15.5. The van der Waals surface area contributed by atoms with E-state index < -0.39 is 0 Å². The van der Waals surface area contributed by atoms with Gasteiger partial charge in [0.2, 0.25) is 0 Å². The van der Waals surface area contributed by atoms with Gasteiger partial charge in [0.25, 0.3) is 0 Å². The van der Waals surface area contributed by atoms with Gasteiger partial charge < -0.3 is 4.42 Å². The number of hydrogen-bond acceptors (Lipinski definition) is 4. The van der Waals surface area contributed by atoms with Gasteiger partial charge in [-0.1, -0.05) is 38.1 Å². The Bertz CT molecular complexity index is 1320. The van der Waals surface area contributed by atoms with Crippen LogP contribution >= 0.6 is 0 Å². The van der Waals surface area contributed by atoms with Crippen molar-refractivity contribution in [2.45, 2.75) is 26.7 Å². The van der Waals surface area contributed by atoms with Crippen LogP contribution in [0.1, 0.15) is 31.2 Å². The Morgan fingerprint density at radius 1 is 0.926 bits per heavy atom. The molecule has 4 heteroatoms. The highest BCUT2D eigenvalue weighted by Gasteiger charge is 2.18. The second-order valence-corrected chi connectivity index (χ2v) is 7.20. The standard InChI is InChI=1S/C23H19N3O/c1-13(2)20-16-8-5-4-7-15(16)12-19(26-20)22-23-17(11-14(3)27-23)21-18(25-22)9-6-10-24-21/h4-13H,1-3H3. The van der Waals surface area contributed by atoms with E-state index in [0.717, 1.165) is 50.2 Å². The second-order valence-electron chi connectivity index (χ2n) is 7.20. The van der Waals surface area contributed by atoms with Crippen molar-refractivity contribution in [2.24, 2.45) is 0 Å². The van der Waals surface area contributed by atoms with Crippen LogP contribution in [0.3, 0.4) is 0 Å². The van der Waals surface area contributed by atoms with Gasteiger partial charge in [-0.2, -0.15) is 0 Å². The molecular formula is C23H19N3O. The van der Waals surface area contributed by atoms with Crippen molar-refractivity contribution in [3.63, 3.8) is 0 Å². The third-order valence-electron chi connectivity index (χ3n) is 4.90. The van der Waals surface area contributed by atoms with Gasteiger partial charge >= 0.3 is 0 Å². The van der Waals surface area contributed by atoms with Gasteiger partial charge in [0, 0.05) is 11.6 Å². The molecule has 0 saturated carbocycles. The van der Waals surface area contributed by atoms with Gasteiger partial charge in [-0.3, -0.25) is 9.97 Å². The fourth-order valence-corrected chi connectivity index (χ4v) is 3.69. The molecule has 0 spiro atoms. The molecule has 0 N–H and O–H groups in total. The maximum Gasteiger partial charge on any atom is 0.164 e. The highest BCUT2D eigenvalue weighted by atomic mass is 16.3. The molecule has 0 amide bonds. The summed E-state index contributed by atoms with van der Waals surface area (Å²) >= 11 is 0. The highest BCUT2D eigenvalue weighted by Crippen LogP contribution is 2.35. The summed E-state index contributed by atoms with van der Waals surface area (Å²) in [7, 11) is 0. The monoisotopic (exact) mass is 353 g/mol. The molecule has 4 heterocycles. The number of rotatable bonds is 2. The largest absolute Gasteiger partial charge is 0.459 e. The van der Waals surface area contributed by atoms with E-state index in [2.05, 4.69) is 49.2 Å². The Morgan fingerprint density at radius 2 is 1.78 bits per heavy atom. The van der Waals surface area contributed by atoms with Gasteiger partial charge in [0.15, 0.2) is 5.58 Å². The van der Waals surface area contributed by atoms with E-state index in [9.17, 15) is 0 Å². The van der Waals surface area contributed by atoms with Crippen molar-refractivity contribution in [3.05, 3.63) is 66.2 Å². The molecule has 0 fully saturated rings. The lowest BCUT2D eigenvalue weighted by Gasteiger charge is -2.12. The van der Waals surface area contributed by atoms with Crippen molar-refractivity contribution in [1.82, 2.24) is 15.0 Å². The Kier molecular flexibility index (Phi) is 3.47. The molecule has 5 aromatic rings. The maximum absolute atomic E-state index is 6.03. The quantitative estimate of drug-likeness (QED) is 0.389. The Morgan fingerprint density at radius 3 is 2.63 bits per heavy atom. The average molecular weight is 353 g/mol. The van der Waals surface area contributed by atoms with Crippen LogP contribution in [0.25, 0.3) is 44.2 Å². The number of fused-ring (bicyclic) bond motifs is 4. The molecular weight excluding hydrogens is 334 g/mol. The number of nitrogens with zero attached hydrogens (tertiary/aromatic N) is 3. The van der Waals surface area contributed by atoms with Crippen LogP contribution in [0, 0.1) is 6.92 Å². The minimum Gasteiger partial charge on any atom is -0.459 e. The van der Waals surface area contributed by atoms with Crippen molar-refractivity contribution in [1.29, 1.82) is 0 Å². The molecule has 0 bridgehead atoms. The predicted octanol–water partition coefficient (Wildman–Crippen LogP) is 6.02. The van der Waals surface area contributed by atoms with Crippen molar-refractivity contribution in [3.8, 4) is 11.4 Å². The summed E-state index contributed by atoms with van der Waals surface area (Å²) < 4.78 is 6.03. The number of aryl methyl sites for hydroxylation is 1. The van der Waals surface area contributed by atoms with Crippen LogP contribution in [0.5, 0.6) is 0 Å². The normalized spacial score (nSPS) is 11.9. The topological polar surface area (TPSA) is 51.8 Å². The average Bonchev–Trinajstić information content (AvgIpc) is 3.08. The van der Waals surface area contributed by atoms with E-state index in [4.69, 9.17) is 14.4 Å². The minimum absolute atomic E-state index is 0.311. The molecule has 0 radical (unpaired) electrons. The Balaban J connectivity index is 1.90. The zero-order valence-corrected chi connectivity index (χ0v) is 15.5. The molecule has 1 aromatic carbocycles. The van der Waals surface area contributed by atoms with Crippen LogP contribution in [-0.4, -0.2) is 15.0 Å². The van der Waals surface area contributed by atoms with Crippen molar-refractivity contribution < 1.29 is 4.42 Å². The SMILES string of the molecule is Cc1cc2c(o1)c(-c1cc3ccccc3c(C(C)C)n1)nc1cccnc12. The fourth-order valence-electron chi connectivity index (χ4n) is 3.69. The van der Waals surface area contributed by atoms with Crippen LogP contribution in [0.15, 0.2) is 59.1 Å². The van der Waals surface area contributed by atoms with Gasteiger partial charge in [0.05, 0.1) is 27.8 Å². The summed E-state index contributed by atoms with van der Waals surface area (Å²) in [6, 6.07) is 16.4.